The Kier molecular flexibility index (Phi) is 2.66. The summed E-state index contributed by atoms with van der Waals surface area (Å²) in [7, 11) is -3.88. The number of hydrogen-bond acceptors (Lipinski definition) is 2. The molecule has 0 heterocycles. The maximum Gasteiger partial charge on any atom is 0.254 e. The highest BCUT2D eigenvalue weighted by Gasteiger charge is 2.13. The molecule has 1 N–H and O–H groups in total. The minimum atomic E-state index is -3.88. The third kappa shape index (κ3) is 2.21. The molecule has 0 spiro atoms. The Bertz CT molecular complexity index is 440. The molecule has 71 valence electrons. The lowest BCUT2D eigenvalue weighted by molar-refractivity contribution is 0.595. The van der Waals surface area contributed by atoms with Crippen molar-refractivity contribution in [3.05, 3.63) is 28.3 Å². The third-order valence-corrected chi connectivity index (χ3v) is 3.17. The number of hydrogen-bond donors (Lipinski definition) is 0. The summed E-state index contributed by atoms with van der Waals surface area (Å²) >= 11 is 5.78. The summed E-state index contributed by atoms with van der Waals surface area (Å²) in [5.41, 5.74) is 1.17. The standard InChI is InChI=1S/C8H9ClNO2S/c1-5-4-8(13(10,11)12)6(2)3-7(5)9/h3-4,10H,1-2H3. The SMILES string of the molecule is Cc1cc(S([NH])(=O)=O)c(C)cc1Cl. The number of sulfonamides is 1. The van der Waals surface area contributed by atoms with E-state index in [1.165, 1.54) is 6.07 Å². The number of benzene rings is 1. The zero-order valence-electron chi connectivity index (χ0n) is 7.26. The molecule has 0 aliphatic carbocycles. The molecule has 13 heavy (non-hydrogen) atoms. The molecule has 0 saturated carbocycles. The molecule has 1 rings (SSSR count). The first kappa shape index (κ1) is 10.5. The fourth-order valence-corrected chi connectivity index (χ4v) is 2.08. The van der Waals surface area contributed by atoms with Crippen LogP contribution in [-0.4, -0.2) is 8.42 Å². The Balaban J connectivity index is 3.50. The second-order valence-electron chi connectivity index (χ2n) is 2.87. The van der Waals surface area contributed by atoms with Gasteiger partial charge in [0.25, 0.3) is 10.0 Å². The highest BCUT2D eigenvalue weighted by Crippen LogP contribution is 2.23. The predicted molar refractivity (Wildman–Crippen MR) is 51.2 cm³/mol. The van der Waals surface area contributed by atoms with Gasteiger partial charge in [0.2, 0.25) is 0 Å². The van der Waals surface area contributed by atoms with Crippen LogP contribution in [0, 0.1) is 13.8 Å². The van der Waals surface area contributed by atoms with Crippen LogP contribution in [0.4, 0.5) is 0 Å². The lowest BCUT2D eigenvalue weighted by Crippen LogP contribution is -2.03. The molecular formula is C8H9ClNO2S. The van der Waals surface area contributed by atoms with Crippen molar-refractivity contribution in [2.45, 2.75) is 18.7 Å². The van der Waals surface area contributed by atoms with Crippen LogP contribution in [-0.2, 0) is 10.0 Å². The van der Waals surface area contributed by atoms with Gasteiger partial charge in [-0.05, 0) is 37.1 Å². The molecule has 0 unspecified atom stereocenters. The van der Waals surface area contributed by atoms with Crippen LogP contribution in [0.1, 0.15) is 11.1 Å². The summed E-state index contributed by atoms with van der Waals surface area (Å²) in [5, 5.41) is 7.43. The lowest BCUT2D eigenvalue weighted by atomic mass is 10.2. The average Bonchev–Trinajstić information content (AvgIpc) is 1.94. The Morgan fingerprint density at radius 1 is 1.23 bits per heavy atom. The highest BCUT2D eigenvalue weighted by molar-refractivity contribution is 7.88. The number of nitrogens with one attached hydrogen (secondary N) is 1. The average molecular weight is 219 g/mol. The second kappa shape index (κ2) is 3.29. The van der Waals surface area contributed by atoms with Gasteiger partial charge in [0.15, 0.2) is 0 Å². The molecule has 0 fully saturated rings. The molecule has 5 heteroatoms. The van der Waals surface area contributed by atoms with Gasteiger partial charge >= 0.3 is 0 Å². The smallest absolute Gasteiger partial charge is 0.206 e. The molecule has 3 nitrogen and oxygen atoms in total. The van der Waals surface area contributed by atoms with E-state index in [4.69, 9.17) is 16.7 Å². The van der Waals surface area contributed by atoms with E-state index in [2.05, 4.69) is 0 Å². The van der Waals surface area contributed by atoms with Gasteiger partial charge in [0, 0.05) is 5.02 Å². The minimum absolute atomic E-state index is 0.0226. The van der Waals surface area contributed by atoms with Gasteiger partial charge in [-0.25, -0.2) is 8.42 Å². The normalized spacial score (nSPS) is 11.7. The van der Waals surface area contributed by atoms with Crippen LogP contribution in [0.25, 0.3) is 0 Å². The van der Waals surface area contributed by atoms with E-state index in [1.807, 2.05) is 0 Å². The van der Waals surface area contributed by atoms with Crippen molar-refractivity contribution in [2.24, 2.45) is 0 Å². The van der Waals surface area contributed by atoms with Crippen molar-refractivity contribution in [1.82, 2.24) is 5.14 Å². The number of halogens is 1. The summed E-state index contributed by atoms with van der Waals surface area (Å²) in [6.07, 6.45) is 0. The second-order valence-corrected chi connectivity index (χ2v) is 4.72. The summed E-state index contributed by atoms with van der Waals surface area (Å²) in [4.78, 5) is 0.0226. The number of rotatable bonds is 1. The van der Waals surface area contributed by atoms with Crippen molar-refractivity contribution in [2.75, 3.05) is 0 Å². The van der Waals surface area contributed by atoms with Crippen LogP contribution in [0.5, 0.6) is 0 Å². The molecule has 0 atom stereocenters. The molecule has 0 aliphatic rings. The van der Waals surface area contributed by atoms with Gasteiger partial charge in [0.1, 0.15) is 0 Å². The first-order chi connectivity index (χ1) is 5.82. The Hall–Kier alpha value is -0.580. The van der Waals surface area contributed by atoms with Gasteiger partial charge < -0.3 is 0 Å². The number of aryl methyl sites for hydroxylation is 2. The summed E-state index contributed by atoms with van der Waals surface area (Å²) in [6.45, 7) is 3.32. The van der Waals surface area contributed by atoms with Crippen LogP contribution < -0.4 is 5.14 Å². The third-order valence-electron chi connectivity index (χ3n) is 1.75. The molecule has 1 aromatic rings. The van der Waals surface area contributed by atoms with Crippen LogP contribution in [0.2, 0.25) is 5.02 Å². The van der Waals surface area contributed by atoms with E-state index in [0.717, 1.165) is 0 Å². The van der Waals surface area contributed by atoms with E-state index in [9.17, 15) is 8.42 Å². The van der Waals surface area contributed by atoms with Crippen molar-refractivity contribution in [1.29, 1.82) is 0 Å². The maximum atomic E-state index is 10.9. The molecule has 0 aliphatic heterocycles. The largest absolute Gasteiger partial charge is 0.254 e. The first-order valence-corrected chi connectivity index (χ1v) is 5.45. The van der Waals surface area contributed by atoms with Crippen LogP contribution in [0.3, 0.4) is 0 Å². The summed E-state index contributed by atoms with van der Waals surface area (Å²) < 4.78 is 21.9. The maximum absolute atomic E-state index is 10.9. The van der Waals surface area contributed by atoms with Gasteiger partial charge in [0.05, 0.1) is 4.90 Å². The lowest BCUT2D eigenvalue weighted by Gasteiger charge is -2.05. The zero-order chi connectivity index (χ0) is 10.2. The molecule has 1 radical (unpaired) electrons. The fourth-order valence-electron chi connectivity index (χ4n) is 1.04. The topological polar surface area (TPSA) is 57.9 Å². The van der Waals surface area contributed by atoms with Crippen molar-refractivity contribution < 1.29 is 8.42 Å². The molecule has 0 amide bonds. The molecule has 0 bridgehead atoms. The van der Waals surface area contributed by atoms with Gasteiger partial charge in [-0.15, -0.1) is 5.14 Å². The Morgan fingerprint density at radius 3 is 2.23 bits per heavy atom. The quantitative estimate of drug-likeness (QED) is 0.723. The highest BCUT2D eigenvalue weighted by atomic mass is 35.5. The van der Waals surface area contributed by atoms with Gasteiger partial charge in [-0.3, -0.25) is 0 Å². The zero-order valence-corrected chi connectivity index (χ0v) is 8.83. The van der Waals surface area contributed by atoms with Gasteiger partial charge in [-0.1, -0.05) is 11.6 Å². The van der Waals surface area contributed by atoms with Crippen molar-refractivity contribution >= 4 is 21.6 Å². The molecule has 0 saturated heterocycles. The van der Waals surface area contributed by atoms with Crippen molar-refractivity contribution in [3.8, 4) is 0 Å². The van der Waals surface area contributed by atoms with E-state index >= 15 is 0 Å². The van der Waals surface area contributed by atoms with E-state index in [1.54, 1.807) is 19.9 Å². The molecular weight excluding hydrogens is 210 g/mol. The van der Waals surface area contributed by atoms with Gasteiger partial charge in [-0.2, -0.15) is 0 Å². The fraction of sp³-hybridized carbons (Fsp3) is 0.250. The van der Waals surface area contributed by atoms with Crippen LogP contribution in [0.15, 0.2) is 17.0 Å². The predicted octanol–water partition coefficient (Wildman–Crippen LogP) is 1.93. The van der Waals surface area contributed by atoms with E-state index in [0.29, 0.717) is 16.1 Å². The Morgan fingerprint density at radius 2 is 1.77 bits per heavy atom. The van der Waals surface area contributed by atoms with Crippen molar-refractivity contribution in [3.63, 3.8) is 0 Å². The minimum Gasteiger partial charge on any atom is -0.206 e. The summed E-state index contributed by atoms with van der Waals surface area (Å²) in [5.74, 6) is 0. The Labute approximate surface area is 82.6 Å². The first-order valence-electron chi connectivity index (χ1n) is 3.59. The van der Waals surface area contributed by atoms with E-state index < -0.39 is 10.0 Å². The van der Waals surface area contributed by atoms with Crippen LogP contribution >= 0.6 is 11.6 Å². The molecule has 1 aromatic carbocycles. The summed E-state index contributed by atoms with van der Waals surface area (Å²) in [6, 6.07) is 2.97. The molecule has 0 aromatic heterocycles. The monoisotopic (exact) mass is 218 g/mol. The van der Waals surface area contributed by atoms with E-state index in [-0.39, 0.29) is 4.90 Å².